The topological polar surface area (TPSA) is 80.8 Å². The molecule has 6 nitrogen and oxygen atoms in total. The first kappa shape index (κ1) is 18.1. The number of fused-ring (bicyclic) bond motifs is 1. The lowest BCUT2D eigenvalue weighted by atomic mass is 10.2. The van der Waals surface area contributed by atoms with Crippen LogP contribution in [-0.4, -0.2) is 39.2 Å². The van der Waals surface area contributed by atoms with Crippen molar-refractivity contribution in [1.29, 1.82) is 0 Å². The Hall–Kier alpha value is -2.67. The molecule has 0 bridgehead atoms. The number of anilines is 1. The predicted octanol–water partition coefficient (Wildman–Crippen LogP) is 2.22. The van der Waals surface area contributed by atoms with Gasteiger partial charge in [-0.05, 0) is 37.1 Å². The summed E-state index contributed by atoms with van der Waals surface area (Å²) in [7, 11) is -3.59. The van der Waals surface area contributed by atoms with Gasteiger partial charge in [-0.2, -0.15) is 0 Å². The van der Waals surface area contributed by atoms with Crippen LogP contribution in [0.2, 0.25) is 0 Å². The normalized spacial score (nSPS) is 14.6. The number of amides is 1. The Labute approximate surface area is 152 Å². The Kier molecular flexibility index (Phi) is 4.82. The van der Waals surface area contributed by atoms with Gasteiger partial charge in [-0.25, -0.2) is 13.2 Å². The quantitative estimate of drug-likeness (QED) is 0.768. The molecule has 26 heavy (non-hydrogen) atoms. The number of hydrogen-bond donors (Lipinski definition) is 0. The van der Waals surface area contributed by atoms with Crippen molar-refractivity contribution in [2.45, 2.75) is 24.3 Å². The van der Waals surface area contributed by atoms with E-state index in [0.717, 1.165) is 23.9 Å². The Morgan fingerprint density at radius 2 is 1.73 bits per heavy atom. The predicted molar refractivity (Wildman–Crippen MR) is 96.9 cm³/mol. The number of rotatable bonds is 4. The highest BCUT2D eigenvalue weighted by Crippen LogP contribution is 2.28. The van der Waals surface area contributed by atoms with Gasteiger partial charge in [-0.15, -0.1) is 0 Å². The number of ether oxygens (including phenoxy) is 1. The standard InChI is InChI=1S/C19H19NO5S/c1-13(18(21)20-12-11-14-7-3-5-9-16(14)20)25-19(22)15-8-4-6-10-17(15)26(2,23)24/h3-10,13H,11-12H2,1-2H3. The van der Waals surface area contributed by atoms with Gasteiger partial charge in [0.15, 0.2) is 15.9 Å². The zero-order valence-electron chi connectivity index (χ0n) is 14.5. The van der Waals surface area contributed by atoms with E-state index in [2.05, 4.69) is 0 Å². The van der Waals surface area contributed by atoms with Crippen molar-refractivity contribution in [3.63, 3.8) is 0 Å². The number of carbonyl (C=O) groups excluding carboxylic acids is 2. The summed E-state index contributed by atoms with van der Waals surface area (Å²) in [6, 6.07) is 13.4. The molecule has 0 saturated heterocycles. The van der Waals surface area contributed by atoms with E-state index in [-0.39, 0.29) is 16.4 Å². The summed E-state index contributed by atoms with van der Waals surface area (Å²) >= 11 is 0. The van der Waals surface area contributed by atoms with Gasteiger partial charge < -0.3 is 9.64 Å². The summed E-state index contributed by atoms with van der Waals surface area (Å²) in [4.78, 5) is 26.6. The van der Waals surface area contributed by atoms with Crippen LogP contribution in [0.15, 0.2) is 53.4 Å². The second-order valence-electron chi connectivity index (χ2n) is 6.18. The second kappa shape index (κ2) is 6.92. The molecule has 0 spiro atoms. The molecule has 1 aliphatic heterocycles. The molecule has 0 fully saturated rings. The third kappa shape index (κ3) is 3.48. The van der Waals surface area contributed by atoms with Gasteiger partial charge in [-0.1, -0.05) is 30.3 Å². The number of carbonyl (C=O) groups is 2. The van der Waals surface area contributed by atoms with E-state index < -0.39 is 21.9 Å². The van der Waals surface area contributed by atoms with Gasteiger partial charge in [0, 0.05) is 18.5 Å². The van der Waals surface area contributed by atoms with Crippen LogP contribution in [-0.2, 0) is 25.8 Å². The molecule has 0 N–H and O–H groups in total. The molecule has 0 radical (unpaired) electrons. The highest BCUT2D eigenvalue weighted by atomic mass is 32.2. The van der Waals surface area contributed by atoms with Crippen LogP contribution in [0.3, 0.4) is 0 Å². The highest BCUT2D eigenvalue weighted by Gasteiger charge is 2.30. The van der Waals surface area contributed by atoms with Crippen molar-refractivity contribution in [3.05, 3.63) is 59.7 Å². The summed E-state index contributed by atoms with van der Waals surface area (Å²) in [6.45, 7) is 2.02. The Bertz CT molecular complexity index is 967. The van der Waals surface area contributed by atoms with E-state index in [1.165, 1.54) is 25.1 Å². The maximum absolute atomic E-state index is 12.7. The number of benzene rings is 2. The molecule has 0 aliphatic carbocycles. The van der Waals surface area contributed by atoms with Crippen LogP contribution in [0.5, 0.6) is 0 Å². The minimum Gasteiger partial charge on any atom is -0.449 e. The molecule has 3 rings (SSSR count). The fraction of sp³-hybridized carbons (Fsp3) is 0.263. The van der Waals surface area contributed by atoms with Gasteiger partial charge in [0.25, 0.3) is 5.91 Å². The fourth-order valence-electron chi connectivity index (χ4n) is 3.02. The van der Waals surface area contributed by atoms with Crippen molar-refractivity contribution in [3.8, 4) is 0 Å². The number of sulfone groups is 1. The van der Waals surface area contributed by atoms with Crippen molar-refractivity contribution in [2.75, 3.05) is 17.7 Å². The van der Waals surface area contributed by atoms with Gasteiger partial charge >= 0.3 is 5.97 Å². The van der Waals surface area contributed by atoms with Gasteiger partial charge in [0.1, 0.15) is 0 Å². The molecule has 1 aliphatic rings. The van der Waals surface area contributed by atoms with E-state index in [1.54, 1.807) is 11.0 Å². The fourth-order valence-corrected chi connectivity index (χ4v) is 3.90. The van der Waals surface area contributed by atoms with E-state index in [1.807, 2.05) is 24.3 Å². The average Bonchev–Trinajstić information content (AvgIpc) is 3.04. The van der Waals surface area contributed by atoms with Crippen LogP contribution in [0.4, 0.5) is 5.69 Å². The number of esters is 1. The lowest BCUT2D eigenvalue weighted by Crippen LogP contribution is -2.39. The molecule has 2 aromatic carbocycles. The SMILES string of the molecule is CC(OC(=O)c1ccccc1S(C)(=O)=O)C(=O)N1CCc2ccccc21. The number of hydrogen-bond acceptors (Lipinski definition) is 5. The molecule has 1 unspecified atom stereocenters. The zero-order valence-corrected chi connectivity index (χ0v) is 15.3. The molecule has 0 aromatic heterocycles. The zero-order chi connectivity index (χ0) is 18.9. The van der Waals surface area contributed by atoms with Crippen LogP contribution in [0.1, 0.15) is 22.8 Å². The van der Waals surface area contributed by atoms with Gasteiger partial charge in [0.2, 0.25) is 0 Å². The minimum atomic E-state index is -3.59. The van der Waals surface area contributed by atoms with Crippen LogP contribution < -0.4 is 4.90 Å². The largest absolute Gasteiger partial charge is 0.449 e. The first-order chi connectivity index (χ1) is 12.3. The molecular formula is C19H19NO5S. The molecule has 0 saturated carbocycles. The highest BCUT2D eigenvalue weighted by molar-refractivity contribution is 7.90. The molecule has 1 atom stereocenters. The summed E-state index contributed by atoms with van der Waals surface area (Å²) in [6.07, 6.45) is 0.746. The maximum atomic E-state index is 12.7. The molecule has 136 valence electrons. The minimum absolute atomic E-state index is 0.0727. The Morgan fingerprint density at radius 3 is 2.46 bits per heavy atom. The molecule has 7 heteroatoms. The van der Waals surface area contributed by atoms with Gasteiger partial charge in [-0.3, -0.25) is 4.79 Å². The first-order valence-electron chi connectivity index (χ1n) is 8.18. The van der Waals surface area contributed by atoms with Crippen molar-refractivity contribution in [2.24, 2.45) is 0 Å². The molecule has 1 heterocycles. The summed E-state index contributed by atoms with van der Waals surface area (Å²) < 4.78 is 28.9. The molecular weight excluding hydrogens is 354 g/mol. The summed E-state index contributed by atoms with van der Waals surface area (Å²) in [5.41, 5.74) is 1.82. The van der Waals surface area contributed by atoms with Crippen LogP contribution in [0.25, 0.3) is 0 Å². The second-order valence-corrected chi connectivity index (χ2v) is 8.17. The lowest BCUT2D eigenvalue weighted by Gasteiger charge is -2.22. The average molecular weight is 373 g/mol. The van der Waals surface area contributed by atoms with Crippen LogP contribution in [0, 0.1) is 0 Å². The van der Waals surface area contributed by atoms with Crippen molar-refractivity contribution in [1.82, 2.24) is 0 Å². The van der Waals surface area contributed by atoms with E-state index in [4.69, 9.17) is 4.74 Å². The maximum Gasteiger partial charge on any atom is 0.340 e. The number of para-hydroxylation sites is 1. The smallest absolute Gasteiger partial charge is 0.340 e. The van der Waals surface area contributed by atoms with E-state index in [9.17, 15) is 18.0 Å². The Morgan fingerprint density at radius 1 is 1.08 bits per heavy atom. The third-order valence-corrected chi connectivity index (χ3v) is 5.45. The van der Waals surface area contributed by atoms with Crippen molar-refractivity contribution >= 4 is 27.4 Å². The van der Waals surface area contributed by atoms with Crippen LogP contribution >= 0.6 is 0 Å². The van der Waals surface area contributed by atoms with Gasteiger partial charge in [0.05, 0.1) is 10.5 Å². The third-order valence-electron chi connectivity index (χ3n) is 4.29. The molecule has 1 amide bonds. The monoisotopic (exact) mass is 373 g/mol. The summed E-state index contributed by atoms with van der Waals surface area (Å²) in [5, 5.41) is 0. The van der Waals surface area contributed by atoms with Crippen molar-refractivity contribution < 1.29 is 22.7 Å². The summed E-state index contributed by atoms with van der Waals surface area (Å²) in [5.74, 6) is -1.17. The van der Waals surface area contributed by atoms with E-state index >= 15 is 0 Å². The Balaban J connectivity index is 1.78. The lowest BCUT2D eigenvalue weighted by molar-refractivity contribution is -0.126. The number of nitrogens with zero attached hydrogens (tertiary/aromatic N) is 1. The first-order valence-corrected chi connectivity index (χ1v) is 10.1. The molecule has 2 aromatic rings. The van der Waals surface area contributed by atoms with E-state index in [0.29, 0.717) is 6.54 Å².